The first-order valence-electron chi connectivity index (χ1n) is 6.53. The van der Waals surface area contributed by atoms with Crippen molar-refractivity contribution in [3.05, 3.63) is 35.4 Å². The summed E-state index contributed by atoms with van der Waals surface area (Å²) < 4.78 is 0. The number of carbonyl (C=O) groups is 1. The van der Waals surface area contributed by atoms with E-state index < -0.39 is 5.60 Å². The van der Waals surface area contributed by atoms with Crippen LogP contribution in [0.1, 0.15) is 31.4 Å². The molecule has 19 heavy (non-hydrogen) atoms. The summed E-state index contributed by atoms with van der Waals surface area (Å²) in [4.78, 5) is 12.7. The summed E-state index contributed by atoms with van der Waals surface area (Å²) in [5.41, 5.74) is 6.88. The Bertz CT molecular complexity index is 407. The normalized spacial score (nSPS) is 11.8. The van der Waals surface area contributed by atoms with Gasteiger partial charge in [-0.25, -0.2) is 0 Å². The molecule has 106 valence electrons. The lowest BCUT2D eigenvalue weighted by molar-refractivity contribution is -0.118. The maximum absolute atomic E-state index is 10.8. The molecule has 0 atom stereocenters. The van der Waals surface area contributed by atoms with E-state index in [0.29, 0.717) is 6.54 Å². The molecule has 4 heteroatoms. The molecule has 0 spiro atoms. The van der Waals surface area contributed by atoms with Crippen molar-refractivity contribution in [3.63, 3.8) is 0 Å². The van der Waals surface area contributed by atoms with Gasteiger partial charge in [0.25, 0.3) is 0 Å². The molecule has 1 rings (SSSR count). The van der Waals surface area contributed by atoms with Crippen molar-refractivity contribution in [1.82, 2.24) is 4.90 Å². The number of rotatable bonds is 7. The molecule has 0 saturated heterocycles. The van der Waals surface area contributed by atoms with Gasteiger partial charge in [-0.2, -0.15) is 0 Å². The number of amides is 1. The molecule has 0 saturated carbocycles. The summed E-state index contributed by atoms with van der Waals surface area (Å²) in [6.45, 7) is 4.61. The highest BCUT2D eigenvalue weighted by atomic mass is 16.3. The molecule has 0 aromatic heterocycles. The van der Waals surface area contributed by atoms with Gasteiger partial charge in [-0.3, -0.25) is 9.69 Å². The molecule has 3 N–H and O–H groups in total. The van der Waals surface area contributed by atoms with Gasteiger partial charge < -0.3 is 10.8 Å². The fourth-order valence-corrected chi connectivity index (χ4v) is 1.90. The van der Waals surface area contributed by atoms with Crippen molar-refractivity contribution >= 4 is 5.91 Å². The number of aliphatic hydroxyl groups is 1. The van der Waals surface area contributed by atoms with Crippen LogP contribution < -0.4 is 5.73 Å². The third-order valence-corrected chi connectivity index (χ3v) is 2.93. The third-order valence-electron chi connectivity index (χ3n) is 2.93. The Morgan fingerprint density at radius 1 is 1.26 bits per heavy atom. The Labute approximate surface area is 115 Å². The van der Waals surface area contributed by atoms with E-state index in [1.807, 2.05) is 25.8 Å². The van der Waals surface area contributed by atoms with Crippen LogP contribution in [-0.4, -0.2) is 35.1 Å². The average molecular weight is 264 g/mol. The Morgan fingerprint density at radius 3 is 2.26 bits per heavy atom. The zero-order valence-corrected chi connectivity index (χ0v) is 12.0. The molecule has 1 amide bonds. The fraction of sp³-hybridized carbons (Fsp3) is 0.533. The summed E-state index contributed by atoms with van der Waals surface area (Å²) >= 11 is 0. The SMILES string of the molecule is CN(CC(N)=O)Cc1ccc(CCC(C)(C)O)cc1. The number of nitrogens with zero attached hydrogens (tertiary/aromatic N) is 1. The van der Waals surface area contributed by atoms with Crippen molar-refractivity contribution in [2.75, 3.05) is 13.6 Å². The minimum atomic E-state index is -0.625. The van der Waals surface area contributed by atoms with Gasteiger partial charge in [0.05, 0.1) is 12.1 Å². The Balaban J connectivity index is 2.49. The molecule has 0 aliphatic heterocycles. The molecule has 0 bridgehead atoms. The first-order valence-corrected chi connectivity index (χ1v) is 6.53. The van der Waals surface area contributed by atoms with Gasteiger partial charge in [-0.1, -0.05) is 24.3 Å². The topological polar surface area (TPSA) is 66.6 Å². The summed E-state index contributed by atoms with van der Waals surface area (Å²) in [5, 5.41) is 9.69. The van der Waals surface area contributed by atoms with Crippen LogP contribution in [-0.2, 0) is 17.8 Å². The predicted octanol–water partition coefficient (Wildman–Crippen LogP) is 1.31. The maximum atomic E-state index is 10.8. The zero-order chi connectivity index (χ0) is 14.5. The lowest BCUT2D eigenvalue weighted by Crippen LogP contribution is -2.30. The second-order valence-electron chi connectivity index (χ2n) is 5.77. The molecule has 0 aliphatic rings. The quantitative estimate of drug-likeness (QED) is 0.780. The smallest absolute Gasteiger partial charge is 0.231 e. The summed E-state index contributed by atoms with van der Waals surface area (Å²) in [7, 11) is 1.87. The molecule has 0 unspecified atom stereocenters. The van der Waals surface area contributed by atoms with Crippen molar-refractivity contribution in [2.45, 2.75) is 38.8 Å². The Morgan fingerprint density at radius 2 is 1.79 bits per heavy atom. The van der Waals surface area contributed by atoms with Gasteiger partial charge in [0, 0.05) is 6.54 Å². The molecule has 0 radical (unpaired) electrons. The number of carbonyl (C=O) groups excluding carboxylic acids is 1. The summed E-state index contributed by atoms with van der Waals surface area (Å²) in [5.74, 6) is -0.315. The van der Waals surface area contributed by atoms with E-state index in [-0.39, 0.29) is 12.5 Å². The molecule has 1 aromatic rings. The highest BCUT2D eigenvalue weighted by Gasteiger charge is 2.12. The number of likely N-dealkylation sites (N-methyl/N-ethyl adjacent to an activating group) is 1. The standard InChI is InChI=1S/C15H24N2O2/c1-15(2,19)9-8-12-4-6-13(7-5-12)10-17(3)11-14(16)18/h4-7,19H,8-11H2,1-3H3,(H2,16,18). The van der Waals surface area contributed by atoms with Crippen LogP contribution in [0.15, 0.2) is 24.3 Å². The van der Waals surface area contributed by atoms with E-state index in [9.17, 15) is 9.90 Å². The fourth-order valence-electron chi connectivity index (χ4n) is 1.90. The molecular weight excluding hydrogens is 240 g/mol. The lowest BCUT2D eigenvalue weighted by Gasteiger charge is -2.17. The maximum Gasteiger partial charge on any atom is 0.231 e. The zero-order valence-electron chi connectivity index (χ0n) is 12.0. The van der Waals surface area contributed by atoms with Crippen LogP contribution in [0.2, 0.25) is 0 Å². The number of primary amides is 1. The van der Waals surface area contributed by atoms with E-state index in [0.717, 1.165) is 18.4 Å². The molecule has 0 aliphatic carbocycles. The van der Waals surface area contributed by atoms with Crippen LogP contribution in [0.3, 0.4) is 0 Å². The highest BCUT2D eigenvalue weighted by molar-refractivity contribution is 5.75. The van der Waals surface area contributed by atoms with Gasteiger partial charge in [0.1, 0.15) is 0 Å². The van der Waals surface area contributed by atoms with Gasteiger partial charge in [0.2, 0.25) is 5.91 Å². The predicted molar refractivity (Wildman–Crippen MR) is 76.6 cm³/mol. The van der Waals surface area contributed by atoms with E-state index in [1.165, 1.54) is 5.56 Å². The monoisotopic (exact) mass is 264 g/mol. The lowest BCUT2D eigenvalue weighted by atomic mass is 9.98. The van der Waals surface area contributed by atoms with Crippen LogP contribution in [0.4, 0.5) is 0 Å². The van der Waals surface area contributed by atoms with Crippen molar-refractivity contribution in [3.8, 4) is 0 Å². The van der Waals surface area contributed by atoms with Crippen molar-refractivity contribution in [1.29, 1.82) is 0 Å². The molecular formula is C15H24N2O2. The molecule has 0 heterocycles. The largest absolute Gasteiger partial charge is 0.390 e. The van der Waals surface area contributed by atoms with Crippen molar-refractivity contribution < 1.29 is 9.90 Å². The highest BCUT2D eigenvalue weighted by Crippen LogP contribution is 2.14. The third kappa shape index (κ3) is 6.94. The van der Waals surface area contributed by atoms with Crippen LogP contribution >= 0.6 is 0 Å². The number of benzene rings is 1. The minimum Gasteiger partial charge on any atom is -0.390 e. The number of hydrogen-bond acceptors (Lipinski definition) is 3. The van der Waals surface area contributed by atoms with Gasteiger partial charge >= 0.3 is 0 Å². The summed E-state index contributed by atoms with van der Waals surface area (Å²) in [6, 6.07) is 8.24. The number of hydrogen-bond donors (Lipinski definition) is 2. The average Bonchev–Trinajstić information content (AvgIpc) is 2.26. The number of nitrogens with two attached hydrogens (primary N) is 1. The van der Waals surface area contributed by atoms with Crippen molar-refractivity contribution in [2.24, 2.45) is 5.73 Å². The van der Waals surface area contributed by atoms with Crippen LogP contribution in [0.25, 0.3) is 0 Å². The first kappa shape index (κ1) is 15.7. The Hall–Kier alpha value is -1.39. The summed E-state index contributed by atoms with van der Waals surface area (Å²) in [6.07, 6.45) is 1.61. The van der Waals surface area contributed by atoms with Gasteiger partial charge in [-0.15, -0.1) is 0 Å². The minimum absolute atomic E-state index is 0.264. The first-order chi connectivity index (χ1) is 8.76. The van der Waals surface area contributed by atoms with E-state index in [1.54, 1.807) is 0 Å². The van der Waals surface area contributed by atoms with E-state index in [4.69, 9.17) is 5.73 Å². The number of aryl methyl sites for hydroxylation is 1. The Kier molecular flexibility index (Phi) is 5.51. The van der Waals surface area contributed by atoms with Crippen LogP contribution in [0.5, 0.6) is 0 Å². The van der Waals surface area contributed by atoms with Gasteiger partial charge in [-0.05, 0) is 44.9 Å². The van der Waals surface area contributed by atoms with Gasteiger partial charge in [0.15, 0.2) is 0 Å². The second kappa shape index (κ2) is 6.68. The molecule has 4 nitrogen and oxygen atoms in total. The molecule has 1 aromatic carbocycles. The molecule has 0 fully saturated rings. The van der Waals surface area contributed by atoms with Crippen LogP contribution in [0, 0.1) is 0 Å². The van der Waals surface area contributed by atoms with E-state index in [2.05, 4.69) is 24.3 Å². The second-order valence-corrected chi connectivity index (χ2v) is 5.77. The van der Waals surface area contributed by atoms with E-state index >= 15 is 0 Å².